The first kappa shape index (κ1) is 20.4. The van der Waals surface area contributed by atoms with Gasteiger partial charge in [-0.1, -0.05) is 34.8 Å². The number of thiophene rings is 1. The van der Waals surface area contributed by atoms with E-state index in [9.17, 15) is 13.2 Å². The van der Waals surface area contributed by atoms with Gasteiger partial charge in [-0.05, 0) is 49.2 Å². The monoisotopic (exact) mass is 462 g/mol. The molecule has 0 unspecified atom stereocenters. The number of nitrogens with two attached hydrogens (primary N) is 1. The van der Waals surface area contributed by atoms with Gasteiger partial charge < -0.3 is 5.32 Å². The lowest BCUT2D eigenvalue weighted by atomic mass is 10.1. The molecular weight excluding hydrogens is 451 g/mol. The molecular formula is C17H13Cl3N2O3S2. The quantitative estimate of drug-likeness (QED) is 0.546. The van der Waals surface area contributed by atoms with Crippen molar-refractivity contribution in [2.45, 2.75) is 18.7 Å². The van der Waals surface area contributed by atoms with Gasteiger partial charge in [-0.15, -0.1) is 11.3 Å². The van der Waals surface area contributed by atoms with Gasteiger partial charge in [0.25, 0.3) is 5.91 Å². The number of rotatable bonds is 3. The molecule has 10 heteroatoms. The zero-order valence-electron chi connectivity index (χ0n) is 14.1. The molecule has 2 aromatic carbocycles. The van der Waals surface area contributed by atoms with E-state index in [1.807, 2.05) is 0 Å². The van der Waals surface area contributed by atoms with Crippen molar-refractivity contribution in [1.29, 1.82) is 0 Å². The van der Waals surface area contributed by atoms with Crippen molar-refractivity contribution >= 4 is 77.8 Å². The summed E-state index contributed by atoms with van der Waals surface area (Å²) in [4.78, 5) is 12.9. The fourth-order valence-corrected chi connectivity index (χ4v) is 5.45. The summed E-state index contributed by atoms with van der Waals surface area (Å²) in [6, 6.07) is 6.00. The van der Waals surface area contributed by atoms with E-state index in [2.05, 4.69) is 5.32 Å². The molecule has 3 rings (SSSR count). The van der Waals surface area contributed by atoms with E-state index in [1.54, 1.807) is 26.0 Å². The molecule has 3 aromatic rings. The van der Waals surface area contributed by atoms with Gasteiger partial charge in [0.1, 0.15) is 4.88 Å². The topological polar surface area (TPSA) is 89.3 Å². The van der Waals surface area contributed by atoms with Crippen LogP contribution in [-0.2, 0) is 10.0 Å². The van der Waals surface area contributed by atoms with E-state index < -0.39 is 15.9 Å². The first-order chi connectivity index (χ1) is 12.5. The number of primary sulfonamides is 1. The lowest BCUT2D eigenvalue weighted by Crippen LogP contribution is -2.16. The Morgan fingerprint density at radius 1 is 1.11 bits per heavy atom. The highest BCUT2D eigenvalue weighted by Crippen LogP contribution is 2.41. The van der Waals surface area contributed by atoms with Crippen LogP contribution in [0, 0.1) is 13.8 Å². The van der Waals surface area contributed by atoms with Crippen LogP contribution >= 0.6 is 46.1 Å². The Morgan fingerprint density at radius 3 is 2.41 bits per heavy atom. The molecule has 5 nitrogen and oxygen atoms in total. The molecule has 3 N–H and O–H groups in total. The van der Waals surface area contributed by atoms with Gasteiger partial charge in [0, 0.05) is 20.8 Å². The van der Waals surface area contributed by atoms with E-state index in [4.69, 9.17) is 39.9 Å². The van der Waals surface area contributed by atoms with E-state index in [-0.39, 0.29) is 14.8 Å². The summed E-state index contributed by atoms with van der Waals surface area (Å²) in [5, 5.41) is 9.45. The third kappa shape index (κ3) is 3.94. The highest BCUT2D eigenvalue weighted by Gasteiger charge is 2.21. The molecule has 0 saturated heterocycles. The Balaban J connectivity index is 2.07. The molecule has 0 fully saturated rings. The zero-order chi connectivity index (χ0) is 20.1. The van der Waals surface area contributed by atoms with Crippen LogP contribution in [0.3, 0.4) is 0 Å². The van der Waals surface area contributed by atoms with Crippen LogP contribution < -0.4 is 10.5 Å². The van der Waals surface area contributed by atoms with Crippen molar-refractivity contribution < 1.29 is 13.2 Å². The van der Waals surface area contributed by atoms with Gasteiger partial charge in [-0.25, -0.2) is 13.6 Å². The largest absolute Gasteiger partial charge is 0.321 e. The van der Waals surface area contributed by atoms with Crippen LogP contribution in [0.25, 0.3) is 10.1 Å². The average Bonchev–Trinajstić information content (AvgIpc) is 2.87. The van der Waals surface area contributed by atoms with Gasteiger partial charge in [-0.2, -0.15) is 0 Å². The first-order valence-electron chi connectivity index (χ1n) is 7.51. The lowest BCUT2D eigenvalue weighted by Gasteiger charge is -2.12. The Bertz CT molecular complexity index is 1200. The van der Waals surface area contributed by atoms with Crippen molar-refractivity contribution in [2.24, 2.45) is 5.14 Å². The maximum atomic E-state index is 12.8. The molecule has 0 bridgehead atoms. The highest BCUT2D eigenvalue weighted by atomic mass is 35.5. The molecule has 1 heterocycles. The maximum Gasteiger partial charge on any atom is 0.267 e. The first-order valence-corrected chi connectivity index (χ1v) is 11.0. The fraction of sp³-hybridized carbons (Fsp3) is 0.118. The summed E-state index contributed by atoms with van der Waals surface area (Å²) in [5.41, 5.74) is 1.73. The fourth-order valence-electron chi connectivity index (χ4n) is 2.56. The molecule has 142 valence electrons. The zero-order valence-corrected chi connectivity index (χ0v) is 18.0. The van der Waals surface area contributed by atoms with Crippen LogP contribution in [0.4, 0.5) is 5.69 Å². The van der Waals surface area contributed by atoms with Crippen LogP contribution in [0.2, 0.25) is 15.1 Å². The van der Waals surface area contributed by atoms with Gasteiger partial charge in [0.05, 0.1) is 14.9 Å². The predicted octanol–water partition coefficient (Wildman–Crippen LogP) is 5.38. The average molecular weight is 464 g/mol. The molecule has 27 heavy (non-hydrogen) atoms. The second-order valence-corrected chi connectivity index (χ2v) is 9.75. The Labute approximate surface area is 175 Å². The lowest BCUT2D eigenvalue weighted by molar-refractivity contribution is 0.103. The van der Waals surface area contributed by atoms with Gasteiger partial charge in [-0.3, -0.25) is 4.79 Å². The number of benzene rings is 2. The minimum absolute atomic E-state index is 0.0850. The molecule has 0 spiro atoms. The number of nitrogens with one attached hydrogen (secondary N) is 1. The van der Waals surface area contributed by atoms with Gasteiger partial charge in [0.2, 0.25) is 10.0 Å². The van der Waals surface area contributed by atoms with Gasteiger partial charge in [0.15, 0.2) is 0 Å². The number of amides is 1. The summed E-state index contributed by atoms with van der Waals surface area (Å²) in [7, 11) is -3.91. The normalized spacial score (nSPS) is 11.8. The van der Waals surface area contributed by atoms with Crippen molar-refractivity contribution in [1.82, 2.24) is 0 Å². The summed E-state index contributed by atoms with van der Waals surface area (Å²) in [6.45, 7) is 3.49. The van der Waals surface area contributed by atoms with Crippen LogP contribution in [0.5, 0.6) is 0 Å². The smallest absolute Gasteiger partial charge is 0.267 e. The third-order valence-electron chi connectivity index (χ3n) is 4.07. The number of aryl methyl sites for hydroxylation is 1. The summed E-state index contributed by atoms with van der Waals surface area (Å²) >= 11 is 19.7. The standard InChI is InChI=1S/C17H13Cl3N2O3S2/c1-7-3-10(27(21,24)25)6-12(8(7)2)22-17(23)16-15(20)14-11(19)4-9(18)5-13(14)26-16/h3-6H,1-2H3,(H,22,23)(H2,21,24,25). The number of carbonyl (C=O) groups excluding carboxylic acids is 1. The number of carbonyl (C=O) groups is 1. The minimum atomic E-state index is -3.91. The molecule has 0 atom stereocenters. The van der Waals surface area contributed by atoms with Gasteiger partial charge >= 0.3 is 0 Å². The molecule has 0 radical (unpaired) electrons. The summed E-state index contributed by atoms with van der Waals surface area (Å²) < 4.78 is 24.0. The number of hydrogen-bond acceptors (Lipinski definition) is 4. The predicted molar refractivity (Wildman–Crippen MR) is 112 cm³/mol. The van der Waals surface area contributed by atoms with Crippen LogP contribution in [-0.4, -0.2) is 14.3 Å². The van der Waals surface area contributed by atoms with Crippen molar-refractivity contribution in [3.63, 3.8) is 0 Å². The Kier molecular flexibility index (Phi) is 5.46. The van der Waals surface area contributed by atoms with E-state index >= 15 is 0 Å². The number of hydrogen-bond donors (Lipinski definition) is 2. The number of fused-ring (bicyclic) bond motifs is 1. The van der Waals surface area contributed by atoms with E-state index in [1.165, 1.54) is 12.1 Å². The second kappa shape index (κ2) is 7.24. The Morgan fingerprint density at radius 2 is 1.78 bits per heavy atom. The molecule has 1 amide bonds. The van der Waals surface area contributed by atoms with Crippen molar-refractivity contribution in [2.75, 3.05) is 5.32 Å². The molecule has 1 aromatic heterocycles. The maximum absolute atomic E-state index is 12.8. The SMILES string of the molecule is Cc1cc(S(N)(=O)=O)cc(NC(=O)c2sc3cc(Cl)cc(Cl)c3c2Cl)c1C. The molecule has 0 aliphatic heterocycles. The van der Waals surface area contributed by atoms with Crippen molar-refractivity contribution in [3.05, 3.63) is 55.3 Å². The van der Waals surface area contributed by atoms with Crippen molar-refractivity contribution in [3.8, 4) is 0 Å². The van der Waals surface area contributed by atoms with Crippen LogP contribution in [0.15, 0.2) is 29.2 Å². The third-order valence-corrected chi connectivity index (χ3v) is 7.11. The number of sulfonamides is 1. The molecule has 0 aliphatic carbocycles. The minimum Gasteiger partial charge on any atom is -0.321 e. The Hall–Kier alpha value is -1.35. The van der Waals surface area contributed by atoms with E-state index in [0.717, 1.165) is 11.3 Å². The summed E-state index contributed by atoms with van der Waals surface area (Å²) in [5.74, 6) is -0.484. The molecule has 0 aliphatic rings. The van der Waals surface area contributed by atoms with Crippen LogP contribution in [0.1, 0.15) is 20.8 Å². The number of halogens is 3. The highest BCUT2D eigenvalue weighted by molar-refractivity contribution is 7.89. The second-order valence-electron chi connectivity index (χ2n) is 5.92. The number of anilines is 1. The van der Waals surface area contributed by atoms with E-state index in [0.29, 0.717) is 36.9 Å². The molecule has 0 saturated carbocycles. The summed E-state index contributed by atoms with van der Waals surface area (Å²) in [6.07, 6.45) is 0.